The molecule has 88 valence electrons. The Hall–Kier alpha value is -0.340. The molecule has 0 bridgehead atoms. The average molecular weight is 282 g/mol. The van der Waals surface area contributed by atoms with E-state index in [0.29, 0.717) is 12.1 Å². The predicted octanol–water partition coefficient (Wildman–Crippen LogP) is 4.29. The summed E-state index contributed by atoms with van der Waals surface area (Å²) in [6.45, 7) is 4.54. The fourth-order valence-electron chi connectivity index (χ4n) is 2.20. The van der Waals surface area contributed by atoms with Crippen LogP contribution in [0.5, 0.6) is 0 Å². The van der Waals surface area contributed by atoms with E-state index in [9.17, 15) is 0 Å². The van der Waals surface area contributed by atoms with Gasteiger partial charge in [0, 0.05) is 16.6 Å². The van der Waals surface area contributed by atoms with E-state index in [1.165, 1.54) is 24.8 Å². The van der Waals surface area contributed by atoms with Crippen LogP contribution in [0.1, 0.15) is 44.7 Å². The summed E-state index contributed by atoms with van der Waals surface area (Å²) in [5, 5.41) is 3.67. The second-order valence-corrected chi connectivity index (χ2v) is 5.94. The Morgan fingerprint density at radius 2 is 1.88 bits per heavy atom. The topological polar surface area (TPSA) is 12.0 Å². The molecule has 0 amide bonds. The van der Waals surface area contributed by atoms with Crippen molar-refractivity contribution in [3.63, 3.8) is 0 Å². The van der Waals surface area contributed by atoms with Crippen molar-refractivity contribution in [3.05, 3.63) is 34.3 Å². The van der Waals surface area contributed by atoms with Gasteiger partial charge in [-0.3, -0.25) is 0 Å². The quantitative estimate of drug-likeness (QED) is 0.849. The third kappa shape index (κ3) is 3.60. The van der Waals surface area contributed by atoms with Crippen LogP contribution in [-0.2, 0) is 0 Å². The first-order valence-electron chi connectivity index (χ1n) is 6.16. The van der Waals surface area contributed by atoms with E-state index >= 15 is 0 Å². The highest BCUT2D eigenvalue weighted by molar-refractivity contribution is 9.10. The van der Waals surface area contributed by atoms with Crippen LogP contribution in [0.15, 0.2) is 28.7 Å². The summed E-state index contributed by atoms with van der Waals surface area (Å²) in [5.74, 6) is 1.000. The Morgan fingerprint density at radius 1 is 1.25 bits per heavy atom. The Kier molecular flexibility index (Phi) is 4.04. The molecule has 1 aliphatic rings. The van der Waals surface area contributed by atoms with Gasteiger partial charge in [0.15, 0.2) is 0 Å². The summed E-state index contributed by atoms with van der Waals surface area (Å²) in [4.78, 5) is 0. The van der Waals surface area contributed by atoms with Gasteiger partial charge in [-0.1, -0.05) is 40.9 Å². The van der Waals surface area contributed by atoms with E-state index in [1.54, 1.807) is 0 Å². The molecule has 1 N–H and O–H groups in total. The first kappa shape index (κ1) is 12.1. The van der Waals surface area contributed by atoms with Crippen LogP contribution >= 0.6 is 15.9 Å². The molecule has 1 aromatic carbocycles. The van der Waals surface area contributed by atoms with Crippen LogP contribution in [0.3, 0.4) is 0 Å². The minimum Gasteiger partial charge on any atom is -0.308 e. The third-order valence-corrected chi connectivity index (χ3v) is 3.82. The standard InChI is InChI=1S/C14H20BrN/c1-10(9-12-3-4-12)16-11(2)13-5-7-14(15)8-6-13/h5-8,10-12,16H,3-4,9H2,1-2H3/t10?,11-/m0/s1. The van der Waals surface area contributed by atoms with Gasteiger partial charge in [-0.15, -0.1) is 0 Å². The van der Waals surface area contributed by atoms with Gasteiger partial charge in [0.05, 0.1) is 0 Å². The summed E-state index contributed by atoms with van der Waals surface area (Å²) in [7, 11) is 0. The van der Waals surface area contributed by atoms with E-state index in [0.717, 1.165) is 10.4 Å². The predicted molar refractivity (Wildman–Crippen MR) is 72.5 cm³/mol. The Labute approximate surface area is 107 Å². The maximum atomic E-state index is 3.67. The van der Waals surface area contributed by atoms with Crippen LogP contribution in [0.4, 0.5) is 0 Å². The minimum absolute atomic E-state index is 0.446. The minimum atomic E-state index is 0.446. The van der Waals surface area contributed by atoms with Crippen molar-refractivity contribution in [2.45, 2.75) is 45.2 Å². The number of halogens is 1. The van der Waals surface area contributed by atoms with Gasteiger partial charge in [0.2, 0.25) is 0 Å². The van der Waals surface area contributed by atoms with Crippen LogP contribution in [-0.4, -0.2) is 6.04 Å². The van der Waals surface area contributed by atoms with Gasteiger partial charge < -0.3 is 5.32 Å². The third-order valence-electron chi connectivity index (χ3n) is 3.29. The molecule has 0 saturated heterocycles. The Balaban J connectivity index is 1.85. The average Bonchev–Trinajstić information content (AvgIpc) is 3.02. The van der Waals surface area contributed by atoms with E-state index in [1.807, 2.05) is 0 Å². The van der Waals surface area contributed by atoms with Crippen molar-refractivity contribution in [1.29, 1.82) is 0 Å². The molecular weight excluding hydrogens is 262 g/mol. The highest BCUT2D eigenvalue weighted by Crippen LogP contribution is 2.33. The van der Waals surface area contributed by atoms with Gasteiger partial charge in [0.1, 0.15) is 0 Å². The summed E-state index contributed by atoms with van der Waals surface area (Å²) in [6.07, 6.45) is 4.22. The first-order valence-corrected chi connectivity index (χ1v) is 6.96. The monoisotopic (exact) mass is 281 g/mol. The molecule has 2 rings (SSSR count). The molecular formula is C14H20BrN. The summed E-state index contributed by atoms with van der Waals surface area (Å²) < 4.78 is 1.15. The molecule has 2 heteroatoms. The molecule has 0 heterocycles. The summed E-state index contributed by atoms with van der Waals surface area (Å²) in [6, 6.07) is 9.67. The maximum Gasteiger partial charge on any atom is 0.0294 e. The van der Waals surface area contributed by atoms with Crippen LogP contribution in [0.25, 0.3) is 0 Å². The largest absolute Gasteiger partial charge is 0.308 e. The van der Waals surface area contributed by atoms with E-state index < -0.39 is 0 Å². The first-order chi connectivity index (χ1) is 7.65. The van der Waals surface area contributed by atoms with Gasteiger partial charge >= 0.3 is 0 Å². The van der Waals surface area contributed by atoms with Crippen molar-refractivity contribution in [2.75, 3.05) is 0 Å². The van der Waals surface area contributed by atoms with E-state index in [4.69, 9.17) is 0 Å². The lowest BCUT2D eigenvalue weighted by Gasteiger charge is -2.20. The maximum absolute atomic E-state index is 3.67. The second kappa shape index (κ2) is 5.33. The number of rotatable bonds is 5. The molecule has 1 unspecified atom stereocenters. The number of hydrogen-bond donors (Lipinski definition) is 1. The smallest absolute Gasteiger partial charge is 0.0294 e. The molecule has 0 aromatic heterocycles. The zero-order valence-corrected chi connectivity index (χ0v) is 11.6. The van der Waals surface area contributed by atoms with Gasteiger partial charge in [-0.25, -0.2) is 0 Å². The number of hydrogen-bond acceptors (Lipinski definition) is 1. The molecule has 16 heavy (non-hydrogen) atoms. The lowest BCUT2D eigenvalue weighted by atomic mass is 10.1. The van der Waals surface area contributed by atoms with Crippen LogP contribution < -0.4 is 5.32 Å². The van der Waals surface area contributed by atoms with Crippen molar-refractivity contribution in [2.24, 2.45) is 5.92 Å². The zero-order chi connectivity index (χ0) is 11.5. The molecule has 1 saturated carbocycles. The summed E-state index contributed by atoms with van der Waals surface area (Å²) >= 11 is 3.47. The van der Waals surface area contributed by atoms with Gasteiger partial charge in [0.25, 0.3) is 0 Å². The normalized spacial score (nSPS) is 19.4. The number of nitrogens with one attached hydrogen (secondary N) is 1. The van der Waals surface area contributed by atoms with Crippen molar-refractivity contribution in [3.8, 4) is 0 Å². The van der Waals surface area contributed by atoms with Gasteiger partial charge in [-0.2, -0.15) is 0 Å². The zero-order valence-electron chi connectivity index (χ0n) is 10.0. The van der Waals surface area contributed by atoms with Gasteiger partial charge in [-0.05, 0) is 43.9 Å². The molecule has 1 aromatic rings. The lowest BCUT2D eigenvalue weighted by Crippen LogP contribution is -2.29. The molecule has 1 aliphatic carbocycles. The van der Waals surface area contributed by atoms with E-state index in [-0.39, 0.29) is 0 Å². The highest BCUT2D eigenvalue weighted by Gasteiger charge is 2.24. The highest BCUT2D eigenvalue weighted by atomic mass is 79.9. The second-order valence-electron chi connectivity index (χ2n) is 5.02. The SMILES string of the molecule is CC(CC1CC1)N[C@@H](C)c1ccc(Br)cc1. The molecule has 0 aliphatic heterocycles. The Morgan fingerprint density at radius 3 is 2.44 bits per heavy atom. The molecule has 0 radical (unpaired) electrons. The lowest BCUT2D eigenvalue weighted by molar-refractivity contribution is 0.438. The van der Waals surface area contributed by atoms with Crippen LogP contribution in [0, 0.1) is 5.92 Å². The van der Waals surface area contributed by atoms with E-state index in [2.05, 4.69) is 59.4 Å². The molecule has 2 atom stereocenters. The van der Waals surface area contributed by atoms with Crippen LogP contribution in [0.2, 0.25) is 0 Å². The fraction of sp³-hybridized carbons (Fsp3) is 0.571. The van der Waals surface area contributed by atoms with Crippen molar-refractivity contribution < 1.29 is 0 Å². The molecule has 1 fully saturated rings. The molecule has 0 spiro atoms. The Bertz CT molecular complexity index is 329. The fourth-order valence-corrected chi connectivity index (χ4v) is 2.46. The van der Waals surface area contributed by atoms with Crippen molar-refractivity contribution in [1.82, 2.24) is 5.32 Å². The summed E-state index contributed by atoms with van der Waals surface area (Å²) in [5.41, 5.74) is 1.37. The van der Waals surface area contributed by atoms with Crippen molar-refractivity contribution >= 4 is 15.9 Å². The number of benzene rings is 1. The molecule has 1 nitrogen and oxygen atoms in total.